The summed E-state index contributed by atoms with van der Waals surface area (Å²) < 4.78 is 16.6. The van der Waals surface area contributed by atoms with Gasteiger partial charge in [0.05, 0.1) is 12.8 Å². The number of imide groups is 1. The number of ether oxygens (including phenoxy) is 3. The van der Waals surface area contributed by atoms with Gasteiger partial charge in [0.2, 0.25) is 0 Å². The van der Waals surface area contributed by atoms with Crippen LogP contribution in [0.4, 0.5) is 10.5 Å². The molecule has 57 heavy (non-hydrogen) atoms. The lowest BCUT2D eigenvalue weighted by Crippen LogP contribution is -2.60. The smallest absolute Gasteiger partial charge is 0.418 e. The molecule has 0 spiro atoms. The number of benzene rings is 2. The fourth-order valence-corrected chi connectivity index (χ4v) is 10.7. The Bertz CT molecular complexity index is 1780. The molecule has 5 aliphatic rings. The van der Waals surface area contributed by atoms with E-state index in [9.17, 15) is 24.0 Å². The molecule has 7 rings (SSSR count). The van der Waals surface area contributed by atoms with E-state index >= 15 is 0 Å². The number of carbonyl (C=O) groups is 5. The van der Waals surface area contributed by atoms with Gasteiger partial charge >= 0.3 is 12.1 Å². The lowest BCUT2D eigenvalue weighted by atomic mass is 9.48. The number of hydrogen-bond acceptors (Lipinski definition) is 8. The molecular weight excluding hydrogens is 721 g/mol. The number of anilines is 1. The predicted molar refractivity (Wildman–Crippen MR) is 219 cm³/mol. The van der Waals surface area contributed by atoms with Gasteiger partial charge in [-0.2, -0.15) is 0 Å². The molecule has 2 aromatic carbocycles. The second-order valence-electron chi connectivity index (χ2n) is 18.1. The largest absolute Gasteiger partial charge is 0.495 e. The van der Waals surface area contributed by atoms with E-state index in [1.54, 1.807) is 0 Å². The van der Waals surface area contributed by atoms with Crippen LogP contribution in [0.1, 0.15) is 159 Å². The summed E-state index contributed by atoms with van der Waals surface area (Å²) in [6, 6.07) is 9.88. The van der Waals surface area contributed by atoms with Crippen molar-refractivity contribution >= 4 is 35.3 Å². The summed E-state index contributed by atoms with van der Waals surface area (Å²) >= 11 is 0. The minimum atomic E-state index is -1.67. The first-order chi connectivity index (χ1) is 27.2. The summed E-state index contributed by atoms with van der Waals surface area (Å²) in [6.45, 7) is 8.52. The SMILES string of the molecule is CCCCCCCCCCCCC(c1ccc(OC(C)=O)c(C)c1)c1ccc(OC)c(NC(=O)C(C(=O)C23CC4CC(CC(C4)C2)C3)N2C(=O)OC(C)(C)C2=O)c1. The van der Waals surface area contributed by atoms with Crippen LogP contribution in [0.5, 0.6) is 11.5 Å². The molecule has 3 amide bonds. The number of amides is 3. The van der Waals surface area contributed by atoms with Crippen LogP contribution in [0.2, 0.25) is 0 Å². The topological polar surface area (TPSA) is 128 Å². The standard InChI is InChI=1S/C47H64N2O8/c1-7-8-9-10-11-12-13-14-15-16-17-37(35-18-20-39(30(2)22-35)56-31(3)50)36-19-21-40(55-6)38(26-36)48-43(52)41(49-44(53)46(4,5)57-45(49)54)42(51)47-27-32-23-33(28-47)25-34(24-32)29-47/h18-22,26,32-34,37,41H,7-17,23-25,27-29H2,1-6H3,(H,48,52). The zero-order valence-electron chi connectivity index (χ0n) is 35.1. The molecule has 310 valence electrons. The molecule has 2 atom stereocenters. The second-order valence-corrected chi connectivity index (χ2v) is 18.1. The lowest BCUT2D eigenvalue weighted by molar-refractivity contribution is -0.155. The van der Waals surface area contributed by atoms with Crippen LogP contribution < -0.4 is 14.8 Å². The molecule has 10 heteroatoms. The molecule has 4 bridgehead atoms. The van der Waals surface area contributed by atoms with Gasteiger partial charge in [-0.05, 0) is 118 Å². The molecule has 1 saturated heterocycles. The molecule has 10 nitrogen and oxygen atoms in total. The second kappa shape index (κ2) is 18.2. The molecule has 1 heterocycles. The van der Waals surface area contributed by atoms with Gasteiger partial charge in [-0.25, -0.2) is 9.69 Å². The van der Waals surface area contributed by atoms with E-state index in [0.29, 0.717) is 54.2 Å². The van der Waals surface area contributed by atoms with Crippen molar-refractivity contribution in [1.29, 1.82) is 0 Å². The zero-order chi connectivity index (χ0) is 40.9. The van der Waals surface area contributed by atoms with Crippen molar-refractivity contribution in [2.24, 2.45) is 23.2 Å². The summed E-state index contributed by atoms with van der Waals surface area (Å²) in [5, 5.41) is 2.97. The lowest BCUT2D eigenvalue weighted by Gasteiger charge is -2.56. The summed E-state index contributed by atoms with van der Waals surface area (Å²) in [5.41, 5.74) is 0.914. The van der Waals surface area contributed by atoms with Gasteiger partial charge in [0.1, 0.15) is 11.5 Å². The molecular formula is C47H64N2O8. The van der Waals surface area contributed by atoms with E-state index in [1.807, 2.05) is 43.3 Å². The Labute approximate surface area is 339 Å². The van der Waals surface area contributed by atoms with Crippen LogP contribution in [0.25, 0.3) is 0 Å². The Morgan fingerprint density at radius 3 is 1.88 bits per heavy atom. The normalized spacial score (nSPS) is 24.2. The van der Waals surface area contributed by atoms with Gasteiger partial charge in [0, 0.05) is 18.3 Å². The Hall–Kier alpha value is -4.21. The highest BCUT2D eigenvalue weighted by Gasteiger charge is 2.61. The maximum Gasteiger partial charge on any atom is 0.418 e. The van der Waals surface area contributed by atoms with Crippen LogP contribution in [-0.4, -0.2) is 53.3 Å². The zero-order valence-corrected chi connectivity index (χ0v) is 35.1. The number of nitrogens with zero attached hydrogens (tertiary/aromatic N) is 1. The number of Topliss-reactive ketones (excluding diaryl/α,β-unsaturated/α-hetero) is 1. The van der Waals surface area contributed by atoms with Crippen LogP contribution in [0.15, 0.2) is 36.4 Å². The molecule has 0 aromatic heterocycles. The van der Waals surface area contributed by atoms with Gasteiger partial charge in [-0.3, -0.25) is 19.2 Å². The predicted octanol–water partition coefficient (Wildman–Crippen LogP) is 10.2. The van der Waals surface area contributed by atoms with Crippen LogP contribution >= 0.6 is 0 Å². The number of rotatable bonds is 20. The maximum absolute atomic E-state index is 14.9. The Morgan fingerprint density at radius 2 is 1.37 bits per heavy atom. The monoisotopic (exact) mass is 784 g/mol. The Morgan fingerprint density at radius 1 is 0.825 bits per heavy atom. The van der Waals surface area contributed by atoms with E-state index in [0.717, 1.165) is 60.1 Å². The number of carbonyl (C=O) groups excluding carboxylic acids is 5. The summed E-state index contributed by atoms with van der Waals surface area (Å²) in [4.78, 5) is 69.2. The number of methoxy groups -OCH3 is 1. The van der Waals surface area contributed by atoms with E-state index in [1.165, 1.54) is 79.2 Å². The summed E-state index contributed by atoms with van der Waals surface area (Å²) in [6.07, 6.45) is 17.4. The fraction of sp³-hybridized carbons (Fsp3) is 0.638. The minimum Gasteiger partial charge on any atom is -0.495 e. The van der Waals surface area contributed by atoms with Crippen LogP contribution in [0.3, 0.4) is 0 Å². The number of nitrogens with one attached hydrogen (secondary N) is 1. The average molecular weight is 785 g/mol. The third-order valence-corrected chi connectivity index (χ3v) is 13.2. The van der Waals surface area contributed by atoms with Crippen molar-refractivity contribution in [2.45, 2.75) is 161 Å². The molecule has 0 radical (unpaired) electrons. The highest BCUT2D eigenvalue weighted by atomic mass is 16.6. The summed E-state index contributed by atoms with van der Waals surface area (Å²) in [7, 11) is 1.52. The highest BCUT2D eigenvalue weighted by Crippen LogP contribution is 2.61. The van der Waals surface area contributed by atoms with Gasteiger partial charge in [-0.15, -0.1) is 0 Å². The molecule has 5 fully saturated rings. The van der Waals surface area contributed by atoms with Crippen molar-refractivity contribution < 1.29 is 38.2 Å². The number of hydrogen-bond donors (Lipinski definition) is 1. The Kier molecular flexibility index (Phi) is 13.5. The molecule has 1 aliphatic heterocycles. The molecule has 2 unspecified atom stereocenters. The first-order valence-electron chi connectivity index (χ1n) is 21.6. The first kappa shape index (κ1) is 42.4. The highest BCUT2D eigenvalue weighted by molar-refractivity contribution is 6.19. The molecule has 2 aromatic rings. The molecule has 4 aliphatic carbocycles. The average Bonchev–Trinajstić information content (AvgIpc) is 3.35. The van der Waals surface area contributed by atoms with Crippen molar-refractivity contribution in [3.05, 3.63) is 53.1 Å². The van der Waals surface area contributed by atoms with E-state index in [4.69, 9.17) is 14.2 Å². The fourth-order valence-electron chi connectivity index (χ4n) is 10.7. The molecule has 1 N–H and O–H groups in total. The molecule has 4 saturated carbocycles. The first-order valence-corrected chi connectivity index (χ1v) is 21.6. The van der Waals surface area contributed by atoms with Crippen LogP contribution in [0, 0.1) is 30.1 Å². The number of esters is 1. The van der Waals surface area contributed by atoms with Gasteiger partial charge in [0.25, 0.3) is 11.8 Å². The third kappa shape index (κ3) is 9.58. The summed E-state index contributed by atoms with van der Waals surface area (Å²) in [5.74, 6) is -0.103. The third-order valence-electron chi connectivity index (χ3n) is 13.2. The van der Waals surface area contributed by atoms with Gasteiger partial charge in [0.15, 0.2) is 17.4 Å². The maximum atomic E-state index is 14.9. The number of ketones is 1. The number of cyclic esters (lactones) is 1. The van der Waals surface area contributed by atoms with Gasteiger partial charge in [-0.1, -0.05) is 89.3 Å². The van der Waals surface area contributed by atoms with E-state index < -0.39 is 35.0 Å². The Balaban J connectivity index is 1.27. The van der Waals surface area contributed by atoms with Gasteiger partial charge < -0.3 is 19.5 Å². The number of aryl methyl sites for hydroxylation is 1. The van der Waals surface area contributed by atoms with E-state index in [2.05, 4.69) is 12.2 Å². The minimum absolute atomic E-state index is 0.0638. The van der Waals surface area contributed by atoms with Crippen molar-refractivity contribution in [3.63, 3.8) is 0 Å². The quantitative estimate of drug-likeness (QED) is 0.0608. The van der Waals surface area contributed by atoms with Crippen molar-refractivity contribution in [3.8, 4) is 11.5 Å². The van der Waals surface area contributed by atoms with E-state index in [-0.39, 0.29) is 17.7 Å². The number of unbranched alkanes of at least 4 members (excludes halogenated alkanes) is 9. The van der Waals surface area contributed by atoms with Crippen LogP contribution in [-0.2, 0) is 23.9 Å². The van der Waals surface area contributed by atoms with Crippen molar-refractivity contribution in [1.82, 2.24) is 4.90 Å². The van der Waals surface area contributed by atoms with Crippen molar-refractivity contribution in [2.75, 3.05) is 12.4 Å².